The van der Waals surface area contributed by atoms with Gasteiger partial charge in [-0.1, -0.05) is 30.3 Å². The quantitative estimate of drug-likeness (QED) is 0.571. The van der Waals surface area contributed by atoms with E-state index < -0.39 is 12.1 Å². The molecule has 0 amide bonds. The van der Waals surface area contributed by atoms with E-state index in [1.54, 1.807) is 0 Å². The molecule has 12 heavy (non-hydrogen) atoms. The number of carboxylic acid groups (broad SMARTS) is 1. The highest BCUT2D eigenvalue weighted by molar-refractivity contribution is 5.74. The van der Waals surface area contributed by atoms with Gasteiger partial charge >= 0.3 is 0 Å². The van der Waals surface area contributed by atoms with Gasteiger partial charge in [0, 0.05) is 0 Å². The normalized spacial score (nSPS) is 26.7. The van der Waals surface area contributed by atoms with Crippen LogP contribution in [0.4, 0.5) is 0 Å². The summed E-state index contributed by atoms with van der Waals surface area (Å²) in [7, 11) is 0. The molecule has 2 atom stereocenters. The lowest BCUT2D eigenvalue weighted by Gasteiger charge is -1.95. The number of hydrogen-bond acceptors (Lipinski definition) is 3. The first kappa shape index (κ1) is 7.31. The van der Waals surface area contributed by atoms with Crippen LogP contribution in [0.1, 0.15) is 11.7 Å². The molecule has 0 radical (unpaired) electrons. The van der Waals surface area contributed by atoms with E-state index in [1.165, 1.54) is 0 Å². The molecular formula is C9H7O3-. The van der Waals surface area contributed by atoms with Crippen molar-refractivity contribution in [1.82, 2.24) is 0 Å². The zero-order chi connectivity index (χ0) is 8.55. The fraction of sp³-hybridized carbons (Fsp3) is 0.222. The Morgan fingerprint density at radius 2 is 2.00 bits per heavy atom. The second-order valence-electron chi connectivity index (χ2n) is 2.71. The van der Waals surface area contributed by atoms with Gasteiger partial charge in [-0.2, -0.15) is 0 Å². The summed E-state index contributed by atoms with van der Waals surface area (Å²) < 4.78 is 4.90. The first-order chi connectivity index (χ1) is 5.79. The summed E-state index contributed by atoms with van der Waals surface area (Å²) in [5.74, 6) is -1.14. The van der Waals surface area contributed by atoms with Crippen LogP contribution in [0.2, 0.25) is 0 Å². The van der Waals surface area contributed by atoms with Crippen LogP contribution in [0, 0.1) is 0 Å². The number of carboxylic acids is 1. The molecule has 1 aliphatic rings. The lowest BCUT2D eigenvalue weighted by molar-refractivity contribution is -0.307. The van der Waals surface area contributed by atoms with E-state index in [4.69, 9.17) is 4.74 Å². The number of rotatable bonds is 2. The van der Waals surface area contributed by atoms with Crippen molar-refractivity contribution in [3.63, 3.8) is 0 Å². The highest BCUT2D eigenvalue weighted by atomic mass is 16.6. The van der Waals surface area contributed by atoms with Crippen molar-refractivity contribution in [2.45, 2.75) is 12.2 Å². The Morgan fingerprint density at radius 3 is 2.50 bits per heavy atom. The maximum absolute atomic E-state index is 10.3. The van der Waals surface area contributed by atoms with Gasteiger partial charge in [0.05, 0.1) is 5.97 Å². The molecule has 62 valence electrons. The summed E-state index contributed by atoms with van der Waals surface area (Å²) >= 11 is 0. The molecule has 1 saturated heterocycles. The Hall–Kier alpha value is -1.35. The van der Waals surface area contributed by atoms with Crippen molar-refractivity contribution in [2.24, 2.45) is 0 Å². The fourth-order valence-corrected chi connectivity index (χ4v) is 1.19. The minimum Gasteiger partial charge on any atom is -0.547 e. The summed E-state index contributed by atoms with van der Waals surface area (Å²) in [6.45, 7) is 0. The van der Waals surface area contributed by atoms with Gasteiger partial charge in [0.25, 0.3) is 0 Å². The van der Waals surface area contributed by atoms with E-state index in [2.05, 4.69) is 0 Å². The lowest BCUT2D eigenvalue weighted by Crippen LogP contribution is -2.28. The minimum atomic E-state index is -1.14. The molecule has 0 aromatic heterocycles. The van der Waals surface area contributed by atoms with Crippen LogP contribution in [0.15, 0.2) is 30.3 Å². The molecule has 0 bridgehead atoms. The SMILES string of the molecule is O=C([O-])[C@H]1O[C@@H]1c1ccccc1. The Kier molecular flexibility index (Phi) is 1.59. The van der Waals surface area contributed by atoms with Crippen LogP contribution < -0.4 is 5.11 Å². The van der Waals surface area contributed by atoms with E-state index in [0.717, 1.165) is 5.56 Å². The molecular weight excluding hydrogens is 156 g/mol. The van der Waals surface area contributed by atoms with Crippen LogP contribution >= 0.6 is 0 Å². The third-order valence-electron chi connectivity index (χ3n) is 1.85. The molecule has 0 unspecified atom stereocenters. The van der Waals surface area contributed by atoms with Crippen molar-refractivity contribution in [3.05, 3.63) is 35.9 Å². The number of carbonyl (C=O) groups is 1. The van der Waals surface area contributed by atoms with Crippen LogP contribution in [0.5, 0.6) is 0 Å². The summed E-state index contributed by atoms with van der Waals surface area (Å²) in [4.78, 5) is 10.3. The maximum atomic E-state index is 10.3. The number of ether oxygens (including phenoxy) is 1. The Bertz CT molecular complexity index is 294. The zero-order valence-electron chi connectivity index (χ0n) is 6.27. The molecule has 0 spiro atoms. The molecule has 1 aromatic rings. The van der Waals surface area contributed by atoms with Crippen LogP contribution in [0.3, 0.4) is 0 Å². The molecule has 1 aromatic carbocycles. The van der Waals surface area contributed by atoms with E-state index in [0.29, 0.717) is 0 Å². The molecule has 3 nitrogen and oxygen atoms in total. The molecule has 0 N–H and O–H groups in total. The molecule has 1 aliphatic heterocycles. The molecule has 0 aliphatic carbocycles. The van der Waals surface area contributed by atoms with E-state index >= 15 is 0 Å². The average Bonchev–Trinajstić information content (AvgIpc) is 2.84. The van der Waals surface area contributed by atoms with Crippen LogP contribution in [-0.2, 0) is 9.53 Å². The van der Waals surface area contributed by atoms with Gasteiger partial charge in [-0.3, -0.25) is 0 Å². The second kappa shape index (κ2) is 2.60. The lowest BCUT2D eigenvalue weighted by atomic mass is 10.1. The third kappa shape index (κ3) is 1.19. The van der Waals surface area contributed by atoms with Gasteiger partial charge in [-0.15, -0.1) is 0 Å². The largest absolute Gasteiger partial charge is 0.547 e. The highest BCUT2D eigenvalue weighted by Gasteiger charge is 2.40. The summed E-state index contributed by atoms with van der Waals surface area (Å²) in [5.41, 5.74) is 0.895. The fourth-order valence-electron chi connectivity index (χ4n) is 1.19. The zero-order valence-corrected chi connectivity index (χ0v) is 6.27. The minimum absolute atomic E-state index is 0.295. The van der Waals surface area contributed by atoms with E-state index in [-0.39, 0.29) is 6.10 Å². The second-order valence-corrected chi connectivity index (χ2v) is 2.71. The molecule has 0 saturated carbocycles. The third-order valence-corrected chi connectivity index (χ3v) is 1.85. The Labute approximate surface area is 69.6 Å². The van der Waals surface area contributed by atoms with E-state index in [9.17, 15) is 9.90 Å². The number of benzene rings is 1. The number of carbonyl (C=O) groups excluding carboxylic acids is 1. The van der Waals surface area contributed by atoms with Gasteiger partial charge in [-0.25, -0.2) is 0 Å². The predicted octanol–water partition coefficient (Wildman–Crippen LogP) is -0.124. The summed E-state index contributed by atoms with van der Waals surface area (Å²) in [6.07, 6.45) is -1.04. The maximum Gasteiger partial charge on any atom is 0.128 e. The van der Waals surface area contributed by atoms with Crippen molar-refractivity contribution in [1.29, 1.82) is 0 Å². The van der Waals surface area contributed by atoms with Crippen molar-refractivity contribution >= 4 is 5.97 Å². The molecule has 3 heteroatoms. The topological polar surface area (TPSA) is 52.7 Å². The van der Waals surface area contributed by atoms with Gasteiger partial charge < -0.3 is 14.6 Å². The van der Waals surface area contributed by atoms with Gasteiger partial charge in [0.2, 0.25) is 0 Å². The Morgan fingerprint density at radius 1 is 1.33 bits per heavy atom. The standard InChI is InChI=1S/C9H8O3/c10-9(11)8-7(12-8)6-4-2-1-3-5-6/h1-5,7-8H,(H,10,11)/p-1/t7-,8+/m1/s1. The molecule has 2 rings (SSSR count). The van der Waals surface area contributed by atoms with Gasteiger partial charge in [0.1, 0.15) is 12.2 Å². The number of hydrogen-bond donors (Lipinski definition) is 0. The first-order valence-electron chi connectivity index (χ1n) is 3.70. The number of epoxide rings is 1. The van der Waals surface area contributed by atoms with Gasteiger partial charge in [-0.05, 0) is 5.56 Å². The summed E-state index contributed by atoms with van der Waals surface area (Å²) in [5, 5.41) is 10.3. The monoisotopic (exact) mass is 163 g/mol. The van der Waals surface area contributed by atoms with E-state index in [1.807, 2.05) is 30.3 Å². The first-order valence-corrected chi connectivity index (χ1v) is 3.70. The van der Waals surface area contributed by atoms with Crippen molar-refractivity contribution in [3.8, 4) is 0 Å². The highest BCUT2D eigenvalue weighted by Crippen LogP contribution is 2.37. The average molecular weight is 163 g/mol. The molecule has 1 heterocycles. The molecule has 1 fully saturated rings. The smallest absolute Gasteiger partial charge is 0.128 e. The Balaban J connectivity index is 2.11. The number of aliphatic carboxylic acids is 1. The van der Waals surface area contributed by atoms with Crippen molar-refractivity contribution < 1.29 is 14.6 Å². The summed E-state index contributed by atoms with van der Waals surface area (Å²) in [6, 6.07) is 9.26. The van der Waals surface area contributed by atoms with Crippen LogP contribution in [-0.4, -0.2) is 12.1 Å². The predicted molar refractivity (Wildman–Crippen MR) is 39.1 cm³/mol. The van der Waals surface area contributed by atoms with Crippen LogP contribution in [0.25, 0.3) is 0 Å². The van der Waals surface area contributed by atoms with Crippen molar-refractivity contribution in [2.75, 3.05) is 0 Å². The van der Waals surface area contributed by atoms with Gasteiger partial charge in [0.15, 0.2) is 0 Å².